The lowest BCUT2D eigenvalue weighted by atomic mass is 10.0. The van der Waals surface area contributed by atoms with E-state index in [1.54, 1.807) is 0 Å². The fourth-order valence-electron chi connectivity index (χ4n) is 1.97. The lowest BCUT2D eigenvalue weighted by molar-refractivity contribution is 0.215. The molecule has 0 bridgehead atoms. The van der Waals surface area contributed by atoms with E-state index in [9.17, 15) is 5.11 Å². The molecule has 0 aliphatic carbocycles. The summed E-state index contributed by atoms with van der Waals surface area (Å²) in [5.74, 6) is 1.58. The zero-order valence-electron chi connectivity index (χ0n) is 13.7. The number of likely N-dealkylation sites (N-methyl/N-ethyl adjacent to an activating group) is 1. The molecule has 0 unspecified atom stereocenters. The lowest BCUT2D eigenvalue weighted by Crippen LogP contribution is -2.45. The van der Waals surface area contributed by atoms with Gasteiger partial charge in [-0.15, -0.1) is 0 Å². The van der Waals surface area contributed by atoms with E-state index in [-0.39, 0.29) is 12.1 Å². The Hall–Kier alpha value is -1.13. The van der Waals surface area contributed by atoms with Gasteiger partial charge in [0, 0.05) is 19.8 Å². The van der Waals surface area contributed by atoms with Crippen LogP contribution >= 0.6 is 0 Å². The van der Waals surface area contributed by atoms with Crippen molar-refractivity contribution in [1.29, 1.82) is 0 Å². The van der Waals surface area contributed by atoms with Crippen LogP contribution in [0.25, 0.3) is 0 Å². The summed E-state index contributed by atoms with van der Waals surface area (Å²) < 4.78 is 0. The number of hydrogen-bond donors (Lipinski definition) is 2. The minimum atomic E-state index is -0.310. The predicted octanol–water partition coefficient (Wildman–Crippen LogP) is 2.34. The number of nitrogens with one attached hydrogen (secondary N) is 1. The second kappa shape index (κ2) is 7.04. The van der Waals surface area contributed by atoms with Crippen molar-refractivity contribution in [1.82, 2.24) is 10.3 Å². The molecule has 1 rings (SSSR count). The Bertz CT molecular complexity index is 430. The van der Waals surface area contributed by atoms with E-state index >= 15 is 0 Å². The maximum Gasteiger partial charge on any atom is 0.131 e. The molecule has 1 aromatic rings. The van der Waals surface area contributed by atoms with E-state index in [4.69, 9.17) is 0 Å². The van der Waals surface area contributed by atoms with Gasteiger partial charge in [0.15, 0.2) is 0 Å². The molecule has 4 heteroatoms. The van der Waals surface area contributed by atoms with Crippen LogP contribution in [0.3, 0.4) is 0 Å². The van der Waals surface area contributed by atoms with Gasteiger partial charge in [0.05, 0.1) is 12.1 Å². The van der Waals surface area contributed by atoms with Gasteiger partial charge in [-0.3, -0.25) is 0 Å². The molecule has 0 saturated carbocycles. The van der Waals surface area contributed by atoms with Gasteiger partial charge in [-0.25, -0.2) is 4.98 Å². The normalized spacial score (nSPS) is 12.0. The van der Waals surface area contributed by atoms with Crippen molar-refractivity contribution >= 4 is 5.82 Å². The number of hydrogen-bond acceptors (Lipinski definition) is 4. The summed E-state index contributed by atoms with van der Waals surface area (Å²) in [5.41, 5.74) is 2.02. The molecule has 114 valence electrons. The molecule has 2 N–H and O–H groups in total. The molecule has 0 radical (unpaired) electrons. The van der Waals surface area contributed by atoms with E-state index in [1.807, 2.05) is 32.0 Å². The maximum atomic E-state index is 9.46. The zero-order chi connectivity index (χ0) is 15.3. The quantitative estimate of drug-likeness (QED) is 0.804. The maximum absolute atomic E-state index is 9.46. The molecule has 20 heavy (non-hydrogen) atoms. The highest BCUT2D eigenvalue weighted by atomic mass is 16.3. The number of aromatic nitrogens is 1. The highest BCUT2D eigenvalue weighted by Crippen LogP contribution is 2.23. The molecule has 0 aromatic carbocycles. The zero-order valence-corrected chi connectivity index (χ0v) is 13.7. The van der Waals surface area contributed by atoms with Crippen LogP contribution in [0.1, 0.15) is 38.8 Å². The van der Waals surface area contributed by atoms with Crippen LogP contribution < -0.4 is 10.2 Å². The molecule has 0 saturated heterocycles. The predicted molar refractivity (Wildman–Crippen MR) is 85.1 cm³/mol. The number of rotatable bonds is 7. The summed E-state index contributed by atoms with van der Waals surface area (Å²) >= 11 is 0. The molecule has 4 nitrogen and oxygen atoms in total. The Morgan fingerprint density at radius 1 is 1.40 bits per heavy atom. The molecule has 0 amide bonds. The Morgan fingerprint density at radius 3 is 2.55 bits per heavy atom. The number of nitrogens with zero attached hydrogens (tertiary/aromatic N) is 2. The van der Waals surface area contributed by atoms with Gasteiger partial charge < -0.3 is 15.3 Å². The second-order valence-corrected chi connectivity index (χ2v) is 6.54. The van der Waals surface area contributed by atoms with Crippen LogP contribution in [0.15, 0.2) is 12.3 Å². The third-order valence-electron chi connectivity index (χ3n) is 3.60. The van der Waals surface area contributed by atoms with Crippen molar-refractivity contribution in [3.8, 4) is 0 Å². The van der Waals surface area contributed by atoms with Crippen molar-refractivity contribution in [3.05, 3.63) is 23.4 Å². The molecule has 1 aromatic heterocycles. The van der Waals surface area contributed by atoms with Crippen molar-refractivity contribution in [2.45, 2.75) is 46.7 Å². The Balaban J connectivity index is 2.78. The van der Waals surface area contributed by atoms with Gasteiger partial charge in [-0.2, -0.15) is 0 Å². The van der Waals surface area contributed by atoms with E-state index in [1.165, 1.54) is 5.56 Å². The molecule has 0 aliphatic rings. The summed E-state index contributed by atoms with van der Waals surface area (Å²) in [7, 11) is 1.97. The van der Waals surface area contributed by atoms with Crippen molar-refractivity contribution in [2.24, 2.45) is 5.92 Å². The summed E-state index contributed by atoms with van der Waals surface area (Å²) in [4.78, 5) is 6.60. The van der Waals surface area contributed by atoms with Crippen molar-refractivity contribution < 1.29 is 5.11 Å². The third-order valence-corrected chi connectivity index (χ3v) is 3.60. The highest BCUT2D eigenvalue weighted by molar-refractivity contribution is 5.48. The van der Waals surface area contributed by atoms with Crippen LogP contribution in [0.2, 0.25) is 0 Å². The summed E-state index contributed by atoms with van der Waals surface area (Å²) in [6.45, 7) is 12.4. The number of anilines is 1. The largest absolute Gasteiger partial charge is 0.394 e. The number of aliphatic hydroxyl groups excluding tert-OH is 1. The van der Waals surface area contributed by atoms with Crippen LogP contribution in [-0.2, 0) is 6.54 Å². The minimum Gasteiger partial charge on any atom is -0.394 e. The van der Waals surface area contributed by atoms with Gasteiger partial charge in [0.2, 0.25) is 0 Å². The van der Waals surface area contributed by atoms with Gasteiger partial charge in [0.25, 0.3) is 0 Å². The van der Waals surface area contributed by atoms with Gasteiger partial charge in [-0.05, 0) is 50.4 Å². The first kappa shape index (κ1) is 16.9. The van der Waals surface area contributed by atoms with Gasteiger partial charge in [-0.1, -0.05) is 13.8 Å². The Morgan fingerprint density at radius 2 is 2.05 bits per heavy atom. The first-order valence-corrected chi connectivity index (χ1v) is 7.29. The third kappa shape index (κ3) is 4.46. The molecular formula is C16H29N3O. The molecule has 0 spiro atoms. The first-order valence-electron chi connectivity index (χ1n) is 7.29. The van der Waals surface area contributed by atoms with Crippen LogP contribution in [0.5, 0.6) is 0 Å². The summed E-state index contributed by atoms with van der Waals surface area (Å²) in [5, 5.41) is 12.9. The Kier molecular flexibility index (Phi) is 5.96. The molecule has 0 atom stereocenters. The van der Waals surface area contributed by atoms with Crippen molar-refractivity contribution in [3.63, 3.8) is 0 Å². The van der Waals surface area contributed by atoms with Crippen LogP contribution in [-0.4, -0.2) is 35.8 Å². The fourth-order valence-corrected chi connectivity index (χ4v) is 1.97. The van der Waals surface area contributed by atoms with E-state index < -0.39 is 0 Å². The minimum absolute atomic E-state index is 0.0995. The van der Waals surface area contributed by atoms with Gasteiger partial charge in [0.1, 0.15) is 5.82 Å². The smallest absolute Gasteiger partial charge is 0.131 e. The standard InChI is InChI=1S/C16H29N3O/c1-12(2)8-17-9-14-7-13(3)15(18-10-14)19(6)16(4,5)11-20/h7,10,12,17,20H,8-9,11H2,1-6H3. The molecule has 1 heterocycles. The fraction of sp³-hybridized carbons (Fsp3) is 0.688. The first-order chi connectivity index (χ1) is 9.27. The van der Waals surface area contributed by atoms with E-state index in [2.05, 4.69) is 37.1 Å². The number of aliphatic hydroxyl groups is 1. The van der Waals surface area contributed by atoms with E-state index in [0.29, 0.717) is 5.92 Å². The lowest BCUT2D eigenvalue weighted by Gasteiger charge is -2.35. The van der Waals surface area contributed by atoms with Crippen LogP contribution in [0, 0.1) is 12.8 Å². The molecule has 0 aliphatic heterocycles. The Labute approximate surface area is 123 Å². The average Bonchev–Trinajstić information content (AvgIpc) is 2.37. The summed E-state index contributed by atoms with van der Waals surface area (Å²) in [6.07, 6.45) is 1.92. The molecular weight excluding hydrogens is 250 g/mol. The van der Waals surface area contributed by atoms with Gasteiger partial charge >= 0.3 is 0 Å². The van der Waals surface area contributed by atoms with Crippen molar-refractivity contribution in [2.75, 3.05) is 25.1 Å². The average molecular weight is 279 g/mol. The topological polar surface area (TPSA) is 48.4 Å². The van der Waals surface area contributed by atoms with E-state index in [0.717, 1.165) is 24.5 Å². The summed E-state index contributed by atoms with van der Waals surface area (Å²) in [6, 6.07) is 2.17. The number of pyridine rings is 1. The monoisotopic (exact) mass is 279 g/mol. The molecule has 0 fully saturated rings. The second-order valence-electron chi connectivity index (χ2n) is 6.54. The SMILES string of the molecule is Cc1cc(CNCC(C)C)cnc1N(C)C(C)(C)CO. The van der Waals surface area contributed by atoms with Crippen LogP contribution in [0.4, 0.5) is 5.82 Å². The number of aryl methyl sites for hydroxylation is 1. The highest BCUT2D eigenvalue weighted by Gasteiger charge is 2.24.